The van der Waals surface area contributed by atoms with Crippen LogP contribution in [0.4, 0.5) is 8.78 Å². The third kappa shape index (κ3) is 2.36. The van der Waals surface area contributed by atoms with Gasteiger partial charge in [-0.25, -0.2) is 8.78 Å². The number of methoxy groups -OCH3 is 1. The largest absolute Gasteiger partial charge is 0.482 e. The fourth-order valence-electron chi connectivity index (χ4n) is 1.23. The van der Waals surface area contributed by atoms with E-state index in [4.69, 9.17) is 9.84 Å². The van der Waals surface area contributed by atoms with Crippen molar-refractivity contribution in [3.8, 4) is 5.88 Å². The van der Waals surface area contributed by atoms with Crippen molar-refractivity contribution in [2.24, 2.45) is 0 Å². The highest BCUT2D eigenvalue weighted by molar-refractivity contribution is 5.71. The second-order valence-electron chi connectivity index (χ2n) is 2.96. The first kappa shape index (κ1) is 12.2. The molecular formula is C9H9F2NO4. The van der Waals surface area contributed by atoms with E-state index in [0.29, 0.717) is 0 Å². The van der Waals surface area contributed by atoms with Gasteiger partial charge in [0.1, 0.15) is 0 Å². The van der Waals surface area contributed by atoms with E-state index >= 15 is 0 Å². The standard InChI is InChI=1S/C9H9F2NO4/c1-16-9-4(2-6(13)14)7(15)5(3-12-9)8(10)11/h3,8H,2H2,1H3,(H,12,15)(H,13,14). The third-order valence-corrected chi connectivity index (χ3v) is 1.94. The Balaban J connectivity index is 3.34. The Kier molecular flexibility index (Phi) is 3.60. The number of alkyl halides is 2. The van der Waals surface area contributed by atoms with Gasteiger partial charge in [0.05, 0.1) is 24.7 Å². The zero-order valence-electron chi connectivity index (χ0n) is 8.29. The van der Waals surface area contributed by atoms with Crippen LogP contribution in [0.15, 0.2) is 11.0 Å². The van der Waals surface area contributed by atoms with Crippen LogP contribution < -0.4 is 10.2 Å². The van der Waals surface area contributed by atoms with Crippen LogP contribution in [0, 0.1) is 0 Å². The van der Waals surface area contributed by atoms with E-state index in [1.54, 1.807) is 0 Å². The number of aliphatic carboxylic acids is 1. The molecule has 0 spiro atoms. The second kappa shape index (κ2) is 4.73. The smallest absolute Gasteiger partial charge is 0.308 e. The molecular weight excluding hydrogens is 224 g/mol. The number of nitrogens with one attached hydrogen (secondary N) is 1. The van der Waals surface area contributed by atoms with Gasteiger partial charge < -0.3 is 14.8 Å². The molecule has 1 rings (SSSR count). The predicted molar refractivity (Wildman–Crippen MR) is 49.9 cm³/mol. The van der Waals surface area contributed by atoms with Crippen LogP contribution in [-0.4, -0.2) is 23.2 Å². The lowest BCUT2D eigenvalue weighted by Gasteiger charge is -2.07. The maximum absolute atomic E-state index is 12.4. The molecule has 0 bridgehead atoms. The second-order valence-corrected chi connectivity index (χ2v) is 2.96. The number of aromatic nitrogens is 1. The molecule has 0 amide bonds. The number of hydrogen-bond acceptors (Lipinski definition) is 3. The fraction of sp³-hybridized carbons (Fsp3) is 0.333. The molecule has 5 nitrogen and oxygen atoms in total. The summed E-state index contributed by atoms with van der Waals surface area (Å²) < 4.78 is 29.4. The summed E-state index contributed by atoms with van der Waals surface area (Å²) in [6.07, 6.45) is -2.81. The molecule has 0 aliphatic carbocycles. The van der Waals surface area contributed by atoms with Gasteiger partial charge in [-0.3, -0.25) is 9.59 Å². The number of H-pyrrole nitrogens is 1. The monoisotopic (exact) mass is 233 g/mol. The lowest BCUT2D eigenvalue weighted by molar-refractivity contribution is -0.136. The molecule has 0 aliphatic heterocycles. The average Bonchev–Trinajstić information content (AvgIpc) is 2.19. The molecule has 1 aromatic heterocycles. The minimum Gasteiger partial charge on any atom is -0.482 e. The lowest BCUT2D eigenvalue weighted by atomic mass is 10.1. The molecule has 0 aromatic carbocycles. The van der Waals surface area contributed by atoms with Crippen molar-refractivity contribution in [3.63, 3.8) is 0 Å². The number of pyridine rings is 1. The summed E-state index contributed by atoms with van der Waals surface area (Å²) in [4.78, 5) is 24.3. The van der Waals surface area contributed by atoms with Crippen LogP contribution in [0.1, 0.15) is 17.6 Å². The van der Waals surface area contributed by atoms with E-state index in [1.807, 2.05) is 0 Å². The number of hydrogen-bond donors (Lipinski definition) is 2. The molecule has 0 saturated heterocycles. The number of rotatable bonds is 4. The molecule has 88 valence electrons. The van der Waals surface area contributed by atoms with Crippen molar-refractivity contribution in [1.29, 1.82) is 0 Å². The number of carboxylic acids is 1. The molecule has 16 heavy (non-hydrogen) atoms. The van der Waals surface area contributed by atoms with Gasteiger partial charge in [0.15, 0.2) is 11.3 Å². The third-order valence-electron chi connectivity index (χ3n) is 1.94. The van der Waals surface area contributed by atoms with Gasteiger partial charge in [-0.15, -0.1) is 0 Å². The number of aromatic amines is 1. The van der Waals surface area contributed by atoms with Crippen LogP contribution in [0.25, 0.3) is 0 Å². The molecule has 0 saturated carbocycles. The van der Waals surface area contributed by atoms with Crippen LogP contribution in [-0.2, 0) is 11.2 Å². The van der Waals surface area contributed by atoms with Gasteiger partial charge in [0.2, 0.25) is 0 Å². The minimum absolute atomic E-state index is 0.114. The van der Waals surface area contributed by atoms with Crippen molar-refractivity contribution in [1.82, 2.24) is 4.98 Å². The van der Waals surface area contributed by atoms with Crippen LogP contribution in [0.3, 0.4) is 0 Å². The maximum atomic E-state index is 12.4. The highest BCUT2D eigenvalue weighted by atomic mass is 19.3. The first-order valence-electron chi connectivity index (χ1n) is 4.25. The molecule has 2 N–H and O–H groups in total. The van der Waals surface area contributed by atoms with Gasteiger partial charge in [-0.2, -0.15) is 0 Å². The lowest BCUT2D eigenvalue weighted by Crippen LogP contribution is -2.20. The Bertz CT molecular complexity index is 455. The van der Waals surface area contributed by atoms with Crippen molar-refractivity contribution >= 4 is 5.97 Å². The van der Waals surface area contributed by atoms with Gasteiger partial charge >= 0.3 is 5.97 Å². The van der Waals surface area contributed by atoms with E-state index in [1.165, 1.54) is 7.11 Å². The molecule has 1 heterocycles. The Morgan fingerprint density at radius 1 is 1.62 bits per heavy atom. The minimum atomic E-state index is -2.96. The zero-order valence-corrected chi connectivity index (χ0v) is 8.29. The molecule has 0 unspecified atom stereocenters. The highest BCUT2D eigenvalue weighted by Gasteiger charge is 2.20. The van der Waals surface area contributed by atoms with E-state index in [2.05, 4.69) is 4.98 Å². The van der Waals surface area contributed by atoms with Gasteiger partial charge in [0.25, 0.3) is 6.43 Å². The predicted octanol–water partition coefficient (Wildman–Crippen LogP) is 0.948. The fourth-order valence-corrected chi connectivity index (χ4v) is 1.23. The Morgan fingerprint density at radius 2 is 2.25 bits per heavy atom. The van der Waals surface area contributed by atoms with Gasteiger partial charge in [-0.1, -0.05) is 0 Å². The first-order chi connectivity index (χ1) is 7.47. The van der Waals surface area contributed by atoms with Gasteiger partial charge in [-0.05, 0) is 0 Å². The average molecular weight is 233 g/mol. The van der Waals surface area contributed by atoms with Gasteiger partial charge in [0, 0.05) is 6.20 Å². The Hall–Kier alpha value is -1.92. The molecule has 0 atom stereocenters. The zero-order chi connectivity index (χ0) is 12.3. The summed E-state index contributed by atoms with van der Waals surface area (Å²) >= 11 is 0. The first-order valence-corrected chi connectivity index (χ1v) is 4.25. The Morgan fingerprint density at radius 3 is 2.69 bits per heavy atom. The summed E-state index contributed by atoms with van der Waals surface area (Å²) in [6.45, 7) is 0. The summed E-state index contributed by atoms with van der Waals surface area (Å²) in [5.74, 6) is -1.41. The quantitative estimate of drug-likeness (QED) is 0.811. The normalized spacial score (nSPS) is 10.5. The van der Waals surface area contributed by atoms with Crippen LogP contribution in [0.2, 0.25) is 0 Å². The highest BCUT2D eigenvalue weighted by Crippen LogP contribution is 2.18. The van der Waals surface area contributed by atoms with E-state index in [-0.39, 0.29) is 11.4 Å². The van der Waals surface area contributed by atoms with Crippen molar-refractivity contribution < 1.29 is 23.4 Å². The number of ether oxygens (including phenoxy) is 1. The van der Waals surface area contributed by atoms with Crippen molar-refractivity contribution in [3.05, 3.63) is 27.5 Å². The molecule has 7 heteroatoms. The van der Waals surface area contributed by atoms with Crippen LogP contribution >= 0.6 is 0 Å². The van der Waals surface area contributed by atoms with Crippen molar-refractivity contribution in [2.45, 2.75) is 12.8 Å². The number of carboxylic acid groups (broad SMARTS) is 1. The molecule has 0 radical (unpaired) electrons. The maximum Gasteiger partial charge on any atom is 0.308 e. The van der Waals surface area contributed by atoms with E-state index < -0.39 is 29.8 Å². The van der Waals surface area contributed by atoms with E-state index in [9.17, 15) is 18.4 Å². The van der Waals surface area contributed by atoms with Crippen LogP contribution in [0.5, 0.6) is 5.88 Å². The number of carbonyl (C=O) groups is 1. The van der Waals surface area contributed by atoms with E-state index in [0.717, 1.165) is 6.20 Å². The summed E-state index contributed by atoms with van der Waals surface area (Å²) in [5, 5.41) is 8.54. The SMILES string of the molecule is COc1[nH]cc(C(F)F)c(=O)c1CC(=O)O. The number of halogens is 2. The Labute approximate surface area is 88.7 Å². The summed E-state index contributed by atoms with van der Waals surface area (Å²) in [5.41, 5.74) is -2.09. The summed E-state index contributed by atoms with van der Waals surface area (Å²) in [7, 11) is 1.21. The molecule has 0 aliphatic rings. The molecule has 0 fully saturated rings. The topological polar surface area (TPSA) is 79.4 Å². The summed E-state index contributed by atoms with van der Waals surface area (Å²) in [6, 6.07) is 0. The molecule has 1 aromatic rings. The van der Waals surface area contributed by atoms with Crippen molar-refractivity contribution in [2.75, 3.05) is 7.11 Å².